The first-order chi connectivity index (χ1) is 19.3. The van der Waals surface area contributed by atoms with E-state index in [1.54, 1.807) is 4.90 Å². The molecule has 5 atom stereocenters. The zero-order valence-corrected chi connectivity index (χ0v) is 23.6. The summed E-state index contributed by atoms with van der Waals surface area (Å²) in [6.07, 6.45) is 2.16. The molecule has 0 saturated carbocycles. The van der Waals surface area contributed by atoms with Gasteiger partial charge in [0.25, 0.3) is 0 Å². The molecular formula is C31H40N4O5. The number of nitrogens with one attached hydrogen (secondary N) is 2. The van der Waals surface area contributed by atoms with Crippen LogP contribution in [-0.4, -0.2) is 71.2 Å². The quantitative estimate of drug-likeness (QED) is 0.370. The van der Waals surface area contributed by atoms with Crippen molar-refractivity contribution in [3.05, 3.63) is 54.6 Å². The van der Waals surface area contributed by atoms with E-state index in [4.69, 9.17) is 4.74 Å². The van der Waals surface area contributed by atoms with Gasteiger partial charge in [-0.15, -0.1) is 0 Å². The molecule has 0 aromatic heterocycles. The lowest BCUT2D eigenvalue weighted by molar-refractivity contribution is -0.143. The monoisotopic (exact) mass is 548 g/mol. The number of fused-ring (bicyclic) bond motifs is 1. The third kappa shape index (κ3) is 4.75. The first kappa shape index (κ1) is 28.1. The van der Waals surface area contributed by atoms with Gasteiger partial charge in [-0.3, -0.25) is 14.4 Å². The average Bonchev–Trinajstić information content (AvgIpc) is 3.51. The van der Waals surface area contributed by atoms with Gasteiger partial charge in [0.1, 0.15) is 11.6 Å². The molecule has 0 radical (unpaired) electrons. The Hall–Kier alpha value is -3.43. The van der Waals surface area contributed by atoms with Gasteiger partial charge in [-0.1, -0.05) is 18.2 Å². The number of nitrogens with zero attached hydrogens (tertiary/aromatic N) is 2. The molecule has 3 fully saturated rings. The van der Waals surface area contributed by atoms with Crippen molar-refractivity contribution in [1.82, 2.24) is 4.90 Å². The minimum absolute atomic E-state index is 0.00301. The summed E-state index contributed by atoms with van der Waals surface area (Å²) in [5, 5.41) is 15.4. The van der Waals surface area contributed by atoms with Gasteiger partial charge >= 0.3 is 0 Å². The standard InChI is InChI=1S/C31H40N4O5/c1-4-34(5-2)23-15-13-22(14-16-23)33-28(38)26-31-18-17-30(3,40-31)24(27(37)32-21-11-7-6-8-12-21)25(31)29(39)35(26)19-9-10-20-36/h6-8,11-16,24-26,36H,4-5,9-10,17-20H2,1-3H3,(H,32,37)(H,33,38)/t24-,25+,26?,30+,31?/m1/s1. The number of carbonyl (C=O) groups excluding carboxylic acids is 3. The molecule has 40 heavy (non-hydrogen) atoms. The van der Waals surface area contributed by atoms with Crippen LogP contribution in [0.5, 0.6) is 0 Å². The maximum Gasteiger partial charge on any atom is 0.250 e. The van der Waals surface area contributed by atoms with Crippen LogP contribution in [0.2, 0.25) is 0 Å². The summed E-state index contributed by atoms with van der Waals surface area (Å²) in [4.78, 5) is 45.5. The number of benzene rings is 2. The maximum atomic E-state index is 14.0. The van der Waals surface area contributed by atoms with Crippen molar-refractivity contribution in [2.75, 3.05) is 41.8 Å². The summed E-state index contributed by atoms with van der Waals surface area (Å²) in [6, 6.07) is 16.0. The van der Waals surface area contributed by atoms with Crippen molar-refractivity contribution in [3.8, 4) is 0 Å². The fourth-order valence-corrected chi connectivity index (χ4v) is 7.06. The van der Waals surface area contributed by atoms with Crippen LogP contribution in [0.25, 0.3) is 0 Å². The molecular weight excluding hydrogens is 508 g/mol. The molecule has 5 rings (SSSR count). The van der Waals surface area contributed by atoms with E-state index in [-0.39, 0.29) is 24.3 Å². The number of anilines is 3. The number of aliphatic hydroxyl groups excluding tert-OH is 1. The van der Waals surface area contributed by atoms with Gasteiger partial charge in [-0.25, -0.2) is 0 Å². The molecule has 3 aliphatic rings. The third-order valence-corrected chi connectivity index (χ3v) is 8.92. The van der Waals surface area contributed by atoms with Crippen LogP contribution in [-0.2, 0) is 19.1 Å². The van der Waals surface area contributed by atoms with Crippen LogP contribution in [0.4, 0.5) is 17.1 Å². The number of ether oxygens (including phenoxy) is 1. The number of rotatable bonds is 11. The minimum Gasteiger partial charge on any atom is -0.396 e. The first-order valence-electron chi connectivity index (χ1n) is 14.4. The number of amides is 3. The number of para-hydroxylation sites is 1. The third-order valence-electron chi connectivity index (χ3n) is 8.92. The Labute approximate surface area is 235 Å². The second kappa shape index (κ2) is 11.2. The molecule has 3 aliphatic heterocycles. The molecule has 9 heteroatoms. The van der Waals surface area contributed by atoms with Crippen LogP contribution in [0.15, 0.2) is 54.6 Å². The predicted octanol–water partition coefficient (Wildman–Crippen LogP) is 3.65. The summed E-state index contributed by atoms with van der Waals surface area (Å²) < 4.78 is 6.66. The van der Waals surface area contributed by atoms with E-state index >= 15 is 0 Å². The summed E-state index contributed by atoms with van der Waals surface area (Å²) in [5.74, 6) is -2.29. The SMILES string of the molecule is CCN(CC)c1ccc(NC(=O)C2N(CCCCO)C(=O)[C@@H]3[C@H](C(=O)Nc4ccccc4)[C@]4(C)CCC23O4)cc1. The van der Waals surface area contributed by atoms with Gasteiger partial charge in [-0.2, -0.15) is 0 Å². The summed E-state index contributed by atoms with van der Waals surface area (Å²) >= 11 is 0. The van der Waals surface area contributed by atoms with E-state index < -0.39 is 29.1 Å². The summed E-state index contributed by atoms with van der Waals surface area (Å²) in [6.45, 7) is 8.16. The Morgan fingerprint density at radius 2 is 1.62 bits per heavy atom. The number of carbonyl (C=O) groups is 3. The molecule has 0 aliphatic carbocycles. The van der Waals surface area contributed by atoms with E-state index in [9.17, 15) is 19.5 Å². The van der Waals surface area contributed by atoms with Crippen molar-refractivity contribution < 1.29 is 24.2 Å². The molecule has 2 aromatic rings. The fraction of sp³-hybridized carbons (Fsp3) is 0.516. The van der Waals surface area contributed by atoms with Crippen LogP contribution < -0.4 is 15.5 Å². The van der Waals surface area contributed by atoms with Gasteiger partial charge in [0.2, 0.25) is 17.7 Å². The zero-order chi connectivity index (χ0) is 28.5. The molecule has 3 N–H and O–H groups in total. The molecule has 3 heterocycles. The number of likely N-dealkylation sites (tertiary alicyclic amines) is 1. The van der Waals surface area contributed by atoms with Crippen LogP contribution in [0, 0.1) is 11.8 Å². The van der Waals surface area contributed by atoms with E-state index in [2.05, 4.69) is 29.4 Å². The highest BCUT2D eigenvalue weighted by atomic mass is 16.5. The van der Waals surface area contributed by atoms with Gasteiger partial charge in [0, 0.05) is 43.3 Å². The molecule has 2 unspecified atom stereocenters. The van der Waals surface area contributed by atoms with Crippen LogP contribution >= 0.6 is 0 Å². The number of aliphatic hydroxyl groups is 1. The molecule has 9 nitrogen and oxygen atoms in total. The molecule has 3 amide bonds. The molecule has 214 valence electrons. The van der Waals surface area contributed by atoms with Gasteiger partial charge in [0.05, 0.1) is 17.4 Å². The first-order valence-corrected chi connectivity index (χ1v) is 14.4. The van der Waals surface area contributed by atoms with Gasteiger partial charge < -0.3 is 30.3 Å². The normalized spacial score (nSPS) is 28.4. The lowest BCUT2D eigenvalue weighted by Gasteiger charge is -2.33. The van der Waals surface area contributed by atoms with Crippen molar-refractivity contribution in [3.63, 3.8) is 0 Å². The van der Waals surface area contributed by atoms with Crippen molar-refractivity contribution >= 4 is 34.8 Å². The molecule has 2 aromatic carbocycles. The van der Waals surface area contributed by atoms with Crippen LogP contribution in [0.3, 0.4) is 0 Å². The van der Waals surface area contributed by atoms with E-state index in [0.717, 1.165) is 18.8 Å². The molecule has 1 spiro atoms. The Kier molecular flexibility index (Phi) is 7.88. The highest BCUT2D eigenvalue weighted by Gasteiger charge is 2.77. The van der Waals surface area contributed by atoms with Crippen molar-refractivity contribution in [2.24, 2.45) is 11.8 Å². The van der Waals surface area contributed by atoms with Gasteiger partial charge in [0.15, 0.2) is 0 Å². The second-order valence-corrected chi connectivity index (χ2v) is 11.3. The lowest BCUT2D eigenvalue weighted by Crippen LogP contribution is -2.53. The summed E-state index contributed by atoms with van der Waals surface area (Å²) in [5.41, 5.74) is 0.428. The topological polar surface area (TPSA) is 111 Å². The fourth-order valence-electron chi connectivity index (χ4n) is 7.06. The number of hydrogen-bond acceptors (Lipinski definition) is 6. The predicted molar refractivity (Wildman–Crippen MR) is 154 cm³/mol. The highest BCUT2D eigenvalue weighted by molar-refractivity contribution is 6.05. The summed E-state index contributed by atoms with van der Waals surface area (Å²) in [7, 11) is 0. The second-order valence-electron chi connectivity index (χ2n) is 11.3. The van der Waals surface area contributed by atoms with Crippen molar-refractivity contribution in [1.29, 1.82) is 0 Å². The number of hydrogen-bond donors (Lipinski definition) is 3. The Balaban J connectivity index is 1.44. The Morgan fingerprint density at radius 3 is 2.27 bits per heavy atom. The average molecular weight is 549 g/mol. The van der Waals surface area contributed by atoms with Crippen LogP contribution in [0.1, 0.15) is 46.5 Å². The lowest BCUT2D eigenvalue weighted by atomic mass is 9.66. The Morgan fingerprint density at radius 1 is 0.975 bits per heavy atom. The molecule has 3 saturated heterocycles. The maximum absolute atomic E-state index is 14.0. The highest BCUT2D eigenvalue weighted by Crippen LogP contribution is 2.63. The number of unbranched alkanes of at least 4 members (excludes halogenated alkanes) is 1. The van der Waals surface area contributed by atoms with Crippen molar-refractivity contribution in [2.45, 2.75) is 63.7 Å². The van der Waals surface area contributed by atoms with E-state index in [1.165, 1.54) is 0 Å². The van der Waals surface area contributed by atoms with Gasteiger partial charge in [-0.05, 0) is 82.9 Å². The zero-order valence-electron chi connectivity index (χ0n) is 23.6. The Bertz CT molecular complexity index is 1230. The largest absolute Gasteiger partial charge is 0.396 e. The minimum atomic E-state index is -1.09. The van der Waals surface area contributed by atoms with E-state index in [1.807, 2.05) is 61.5 Å². The molecule has 2 bridgehead atoms. The van der Waals surface area contributed by atoms with E-state index in [0.29, 0.717) is 43.6 Å². The smallest absolute Gasteiger partial charge is 0.250 e.